The highest BCUT2D eigenvalue weighted by molar-refractivity contribution is 5.82. The number of unbranched alkanes of at least 4 members (excludes halogenated alkanes) is 3. The molecule has 0 fully saturated rings. The molecule has 0 saturated carbocycles. The standard InChI is InChI=1S/C17H18N2O4/c1-2-3-4-5-8-22-12-7-6-11-9-13-15(20)18-17(21)19-16(13)23-14(11)10-12/h6-7,9-10H,2-5,8H2,1H3,(H,18,20,21). The summed E-state index contributed by atoms with van der Waals surface area (Å²) in [6, 6.07) is 7.07. The number of hydrogen-bond donors (Lipinski definition) is 1. The van der Waals surface area contributed by atoms with Crippen molar-refractivity contribution in [1.29, 1.82) is 0 Å². The average Bonchev–Trinajstić information content (AvgIpc) is 2.53. The van der Waals surface area contributed by atoms with Gasteiger partial charge in [-0.1, -0.05) is 26.2 Å². The zero-order valence-electron chi connectivity index (χ0n) is 12.9. The van der Waals surface area contributed by atoms with Crippen molar-refractivity contribution in [2.24, 2.45) is 0 Å². The van der Waals surface area contributed by atoms with Crippen molar-refractivity contribution in [3.05, 3.63) is 45.1 Å². The van der Waals surface area contributed by atoms with Crippen molar-refractivity contribution in [1.82, 2.24) is 9.97 Å². The molecule has 1 N–H and O–H groups in total. The molecule has 0 aliphatic carbocycles. The van der Waals surface area contributed by atoms with Crippen LogP contribution in [0.1, 0.15) is 32.6 Å². The number of hydrogen-bond acceptors (Lipinski definition) is 5. The van der Waals surface area contributed by atoms with E-state index in [2.05, 4.69) is 16.9 Å². The normalized spacial score (nSPS) is 11.2. The first-order chi connectivity index (χ1) is 11.2. The lowest BCUT2D eigenvalue weighted by Crippen LogP contribution is -2.24. The third-order valence-corrected chi connectivity index (χ3v) is 3.66. The van der Waals surface area contributed by atoms with Crippen LogP contribution in [0.3, 0.4) is 0 Å². The highest BCUT2D eigenvalue weighted by atomic mass is 16.5. The molecular formula is C17H18N2O4. The molecule has 0 bridgehead atoms. The fourth-order valence-electron chi connectivity index (χ4n) is 2.44. The van der Waals surface area contributed by atoms with Crippen molar-refractivity contribution in [2.45, 2.75) is 32.6 Å². The minimum atomic E-state index is -0.714. The van der Waals surface area contributed by atoms with Crippen molar-refractivity contribution >= 4 is 11.0 Å². The van der Waals surface area contributed by atoms with Gasteiger partial charge in [0.25, 0.3) is 5.56 Å². The van der Waals surface area contributed by atoms with Gasteiger partial charge in [-0.3, -0.25) is 9.78 Å². The molecule has 0 radical (unpaired) electrons. The summed E-state index contributed by atoms with van der Waals surface area (Å²) in [5, 5.41) is 0.752. The molecule has 6 heteroatoms. The Morgan fingerprint density at radius 3 is 2.87 bits per heavy atom. The largest absolute Gasteiger partial charge is 0.493 e. The molecule has 0 spiro atoms. The first-order valence-corrected chi connectivity index (χ1v) is 7.78. The second-order valence-electron chi connectivity index (χ2n) is 5.45. The zero-order valence-corrected chi connectivity index (χ0v) is 12.9. The summed E-state index contributed by atoms with van der Waals surface area (Å²) in [4.78, 5) is 28.9. The van der Waals surface area contributed by atoms with Crippen LogP contribution in [0.5, 0.6) is 5.75 Å². The monoisotopic (exact) mass is 314 g/mol. The van der Waals surface area contributed by atoms with Gasteiger partial charge in [0, 0.05) is 11.5 Å². The number of nitrogens with one attached hydrogen (secondary N) is 1. The SMILES string of the molecule is CCCCCCOc1ccc2cc3c(=O)[nH]c(=O)nc-3oc2c1. The summed E-state index contributed by atoms with van der Waals surface area (Å²) in [5.74, 6) is 0.732. The molecule has 120 valence electrons. The van der Waals surface area contributed by atoms with Gasteiger partial charge in [-0.2, -0.15) is 4.98 Å². The number of aromatic nitrogens is 2. The lowest BCUT2D eigenvalue weighted by Gasteiger charge is -2.08. The van der Waals surface area contributed by atoms with E-state index in [9.17, 15) is 9.59 Å². The van der Waals surface area contributed by atoms with E-state index >= 15 is 0 Å². The Hall–Kier alpha value is -2.63. The summed E-state index contributed by atoms with van der Waals surface area (Å²) >= 11 is 0. The molecule has 0 aromatic heterocycles. The maximum Gasteiger partial charge on any atom is 0.351 e. The van der Waals surface area contributed by atoms with E-state index in [-0.39, 0.29) is 11.5 Å². The third kappa shape index (κ3) is 3.41. The van der Waals surface area contributed by atoms with Crippen LogP contribution in [-0.4, -0.2) is 16.6 Å². The van der Waals surface area contributed by atoms with Crippen molar-refractivity contribution in [2.75, 3.05) is 6.61 Å². The maximum absolute atomic E-state index is 11.8. The van der Waals surface area contributed by atoms with E-state index in [0.717, 1.165) is 18.2 Å². The van der Waals surface area contributed by atoms with Crippen LogP contribution in [-0.2, 0) is 0 Å². The minimum Gasteiger partial charge on any atom is -0.493 e. The second kappa shape index (κ2) is 6.64. The molecule has 1 aromatic carbocycles. The van der Waals surface area contributed by atoms with E-state index in [1.807, 2.05) is 12.1 Å². The Morgan fingerprint density at radius 1 is 1.17 bits per heavy atom. The quantitative estimate of drug-likeness (QED) is 0.558. The molecule has 0 amide bonds. The van der Waals surface area contributed by atoms with Gasteiger partial charge >= 0.3 is 5.69 Å². The summed E-state index contributed by atoms with van der Waals surface area (Å²) < 4.78 is 11.3. The van der Waals surface area contributed by atoms with Crippen LogP contribution in [0.2, 0.25) is 0 Å². The Kier molecular flexibility index (Phi) is 4.41. The topological polar surface area (TPSA) is 85.2 Å². The molecule has 2 aliphatic rings. The first kappa shape index (κ1) is 15.3. The Balaban J connectivity index is 1.88. The number of aromatic amines is 1. The van der Waals surface area contributed by atoms with E-state index < -0.39 is 11.2 Å². The number of benzene rings is 1. The molecular weight excluding hydrogens is 296 g/mol. The van der Waals surface area contributed by atoms with Crippen molar-refractivity contribution in [3.63, 3.8) is 0 Å². The van der Waals surface area contributed by atoms with Crippen molar-refractivity contribution < 1.29 is 9.15 Å². The van der Waals surface area contributed by atoms with Crippen LogP contribution < -0.4 is 16.0 Å². The zero-order chi connectivity index (χ0) is 16.2. The smallest absolute Gasteiger partial charge is 0.351 e. The van der Waals surface area contributed by atoms with Gasteiger partial charge < -0.3 is 9.15 Å². The first-order valence-electron chi connectivity index (χ1n) is 7.78. The van der Waals surface area contributed by atoms with Crippen LogP contribution in [0.15, 0.2) is 38.3 Å². The lowest BCUT2D eigenvalue weighted by atomic mass is 10.1. The number of nitrogens with zero attached hydrogens (tertiary/aromatic N) is 1. The second-order valence-corrected chi connectivity index (χ2v) is 5.45. The molecule has 2 heterocycles. The number of ether oxygens (including phenoxy) is 1. The fraction of sp³-hybridized carbons (Fsp3) is 0.353. The number of rotatable bonds is 6. The van der Waals surface area contributed by atoms with Crippen LogP contribution in [0.4, 0.5) is 0 Å². The maximum atomic E-state index is 11.8. The third-order valence-electron chi connectivity index (χ3n) is 3.66. The van der Waals surface area contributed by atoms with Gasteiger partial charge in [0.05, 0.1) is 6.61 Å². The highest BCUT2D eigenvalue weighted by Crippen LogP contribution is 2.26. The van der Waals surface area contributed by atoms with Gasteiger partial charge in [-0.05, 0) is 24.6 Å². The predicted octanol–water partition coefficient (Wildman–Crippen LogP) is 2.94. The summed E-state index contributed by atoms with van der Waals surface area (Å²) in [7, 11) is 0. The summed E-state index contributed by atoms with van der Waals surface area (Å²) in [6.07, 6.45) is 4.56. The fourth-order valence-corrected chi connectivity index (χ4v) is 2.44. The van der Waals surface area contributed by atoms with E-state index in [1.165, 1.54) is 12.8 Å². The van der Waals surface area contributed by atoms with Gasteiger partial charge in [-0.25, -0.2) is 4.79 Å². The number of H-pyrrole nitrogens is 1. The molecule has 0 saturated heterocycles. The van der Waals surface area contributed by atoms with E-state index in [0.29, 0.717) is 17.9 Å². The van der Waals surface area contributed by atoms with Gasteiger partial charge in [-0.15, -0.1) is 0 Å². The highest BCUT2D eigenvalue weighted by Gasteiger charge is 2.14. The predicted molar refractivity (Wildman–Crippen MR) is 87.2 cm³/mol. The molecule has 3 rings (SSSR count). The van der Waals surface area contributed by atoms with Crippen molar-refractivity contribution in [3.8, 4) is 17.2 Å². The molecule has 2 aliphatic heterocycles. The van der Waals surface area contributed by atoms with Crippen LogP contribution >= 0.6 is 0 Å². The molecule has 0 unspecified atom stereocenters. The number of fused-ring (bicyclic) bond motifs is 2. The Morgan fingerprint density at radius 2 is 2.04 bits per heavy atom. The van der Waals surface area contributed by atoms with E-state index in [4.69, 9.17) is 9.15 Å². The summed E-state index contributed by atoms with van der Waals surface area (Å²) in [6.45, 7) is 2.82. The molecule has 0 atom stereocenters. The van der Waals surface area contributed by atoms with Gasteiger partial charge in [0.15, 0.2) is 0 Å². The molecule has 1 aromatic rings. The average molecular weight is 314 g/mol. The van der Waals surface area contributed by atoms with Gasteiger partial charge in [0.1, 0.15) is 16.9 Å². The van der Waals surface area contributed by atoms with Crippen LogP contribution in [0, 0.1) is 0 Å². The summed E-state index contributed by atoms with van der Waals surface area (Å²) in [5.41, 5.74) is -0.428. The Labute approximate surface area is 132 Å². The van der Waals surface area contributed by atoms with Crippen LogP contribution in [0.25, 0.3) is 22.4 Å². The lowest BCUT2D eigenvalue weighted by molar-refractivity contribution is 0.305. The minimum absolute atomic E-state index is 0.0337. The van der Waals surface area contributed by atoms with E-state index in [1.54, 1.807) is 12.1 Å². The molecule has 6 nitrogen and oxygen atoms in total. The molecule has 23 heavy (non-hydrogen) atoms. The van der Waals surface area contributed by atoms with Gasteiger partial charge in [0.2, 0.25) is 5.89 Å². The Bertz CT molecular complexity index is 897.